The molecular weight excluding hydrogens is 292 g/mol. The van der Waals surface area contributed by atoms with Gasteiger partial charge in [-0.3, -0.25) is 4.79 Å². The van der Waals surface area contributed by atoms with Gasteiger partial charge in [-0.25, -0.2) is 4.98 Å². The third-order valence-electron chi connectivity index (χ3n) is 2.25. The molecule has 0 atom stereocenters. The normalized spacial score (nSPS) is 10.5. The lowest BCUT2D eigenvalue weighted by molar-refractivity contribution is 0.104. The Labute approximate surface area is 114 Å². The van der Waals surface area contributed by atoms with Crippen molar-refractivity contribution >= 4 is 27.5 Å². The molecule has 90 valence electrons. The van der Waals surface area contributed by atoms with Crippen LogP contribution in [0.5, 0.6) is 0 Å². The summed E-state index contributed by atoms with van der Waals surface area (Å²) < 4.78 is 0.914. The highest BCUT2D eigenvalue weighted by Crippen LogP contribution is 2.10. The van der Waals surface area contributed by atoms with Gasteiger partial charge in [0.2, 0.25) is 0 Å². The molecule has 0 aliphatic heterocycles. The first-order chi connectivity index (χ1) is 8.75. The summed E-state index contributed by atoms with van der Waals surface area (Å²) in [6.45, 7) is 0. The number of hydrogen-bond donors (Lipinski definition) is 1. The number of pyridine rings is 1. The van der Waals surface area contributed by atoms with E-state index < -0.39 is 0 Å². The quantitative estimate of drug-likeness (QED) is 0.692. The molecule has 1 aromatic heterocycles. The molecule has 0 aliphatic carbocycles. The Kier molecular flexibility index (Phi) is 4.25. The number of carbonyl (C=O) groups excluding carboxylic acids is 1. The molecule has 3 nitrogen and oxygen atoms in total. The van der Waals surface area contributed by atoms with Crippen LogP contribution in [0.25, 0.3) is 0 Å². The van der Waals surface area contributed by atoms with E-state index in [1.165, 1.54) is 6.08 Å². The van der Waals surface area contributed by atoms with Crippen LogP contribution in [-0.2, 0) is 0 Å². The molecule has 4 heteroatoms. The van der Waals surface area contributed by atoms with E-state index in [0.29, 0.717) is 11.4 Å². The molecule has 0 radical (unpaired) electrons. The number of hydrogen-bond acceptors (Lipinski definition) is 3. The van der Waals surface area contributed by atoms with Gasteiger partial charge >= 0.3 is 0 Å². The smallest absolute Gasteiger partial charge is 0.187 e. The van der Waals surface area contributed by atoms with Crippen molar-refractivity contribution < 1.29 is 4.79 Å². The van der Waals surface area contributed by atoms with Crippen LogP contribution in [0.15, 0.2) is 65.4 Å². The minimum absolute atomic E-state index is 0.0415. The second-order valence-corrected chi connectivity index (χ2v) is 4.49. The van der Waals surface area contributed by atoms with Crippen LogP contribution in [0.2, 0.25) is 0 Å². The topological polar surface area (TPSA) is 42.0 Å². The zero-order valence-electron chi connectivity index (χ0n) is 9.51. The molecule has 0 saturated heterocycles. The van der Waals surface area contributed by atoms with Crippen LogP contribution in [-0.4, -0.2) is 10.8 Å². The van der Waals surface area contributed by atoms with Crippen LogP contribution in [0.3, 0.4) is 0 Å². The lowest BCUT2D eigenvalue weighted by Crippen LogP contribution is -1.96. The number of aromatic nitrogens is 1. The van der Waals surface area contributed by atoms with Crippen molar-refractivity contribution in [3.8, 4) is 0 Å². The number of carbonyl (C=O) groups is 1. The molecule has 0 aliphatic rings. The molecule has 18 heavy (non-hydrogen) atoms. The fraction of sp³-hybridized carbons (Fsp3) is 0. The average Bonchev–Trinajstić information content (AvgIpc) is 2.42. The average molecular weight is 303 g/mol. The van der Waals surface area contributed by atoms with Crippen molar-refractivity contribution in [2.75, 3.05) is 5.32 Å². The molecule has 0 amide bonds. The minimum atomic E-state index is -0.0415. The molecule has 1 heterocycles. The molecule has 0 bridgehead atoms. The number of benzene rings is 1. The van der Waals surface area contributed by atoms with E-state index >= 15 is 0 Å². The first-order valence-electron chi connectivity index (χ1n) is 5.40. The van der Waals surface area contributed by atoms with E-state index in [1.54, 1.807) is 24.5 Å². The Morgan fingerprint density at radius 3 is 2.61 bits per heavy atom. The summed E-state index contributed by atoms with van der Waals surface area (Å²) >= 11 is 3.31. The van der Waals surface area contributed by atoms with Crippen molar-refractivity contribution in [1.82, 2.24) is 4.98 Å². The highest BCUT2D eigenvalue weighted by molar-refractivity contribution is 9.10. The first-order valence-corrected chi connectivity index (χ1v) is 6.19. The SMILES string of the molecule is O=C(/C=C/Nc1ccc(Br)cn1)c1ccccc1. The van der Waals surface area contributed by atoms with Gasteiger partial charge in [0.25, 0.3) is 0 Å². The molecule has 0 spiro atoms. The largest absolute Gasteiger partial charge is 0.347 e. The molecular formula is C14H11BrN2O. The van der Waals surface area contributed by atoms with E-state index in [2.05, 4.69) is 26.2 Å². The maximum absolute atomic E-state index is 11.7. The third-order valence-corrected chi connectivity index (χ3v) is 2.72. The summed E-state index contributed by atoms with van der Waals surface area (Å²) in [4.78, 5) is 15.9. The summed E-state index contributed by atoms with van der Waals surface area (Å²) in [5, 5.41) is 2.94. The molecule has 2 rings (SSSR count). The Hall–Kier alpha value is -1.94. The summed E-state index contributed by atoms with van der Waals surface area (Å²) in [5.41, 5.74) is 0.666. The molecule has 0 unspecified atom stereocenters. The second-order valence-electron chi connectivity index (χ2n) is 3.57. The van der Waals surface area contributed by atoms with Crippen LogP contribution < -0.4 is 5.32 Å². The summed E-state index contributed by atoms with van der Waals surface area (Å²) in [7, 11) is 0. The zero-order chi connectivity index (χ0) is 12.8. The third kappa shape index (κ3) is 3.53. The van der Waals surface area contributed by atoms with Gasteiger partial charge in [-0.05, 0) is 28.1 Å². The van der Waals surface area contributed by atoms with Gasteiger partial charge < -0.3 is 5.32 Å². The Bertz CT molecular complexity index is 550. The summed E-state index contributed by atoms with van der Waals surface area (Å²) in [6.07, 6.45) is 4.76. The van der Waals surface area contributed by atoms with Gasteiger partial charge in [-0.15, -0.1) is 0 Å². The fourth-order valence-corrected chi connectivity index (χ4v) is 1.60. The predicted octanol–water partition coefficient (Wildman–Crippen LogP) is 3.65. The van der Waals surface area contributed by atoms with Crippen molar-refractivity contribution in [2.45, 2.75) is 0 Å². The Morgan fingerprint density at radius 1 is 1.17 bits per heavy atom. The van der Waals surface area contributed by atoms with Gasteiger partial charge in [0.1, 0.15) is 5.82 Å². The number of allylic oxidation sites excluding steroid dienone is 1. The predicted molar refractivity (Wildman–Crippen MR) is 75.5 cm³/mol. The van der Waals surface area contributed by atoms with E-state index in [-0.39, 0.29) is 5.78 Å². The van der Waals surface area contributed by atoms with Crippen molar-refractivity contribution in [3.63, 3.8) is 0 Å². The lowest BCUT2D eigenvalue weighted by atomic mass is 10.1. The first kappa shape index (κ1) is 12.5. The van der Waals surface area contributed by atoms with E-state index in [9.17, 15) is 4.79 Å². The molecule has 1 N–H and O–H groups in total. The van der Waals surface area contributed by atoms with Gasteiger partial charge in [0, 0.05) is 28.5 Å². The number of halogens is 1. The molecule has 2 aromatic rings. The molecule has 0 saturated carbocycles. The van der Waals surface area contributed by atoms with E-state index in [1.807, 2.05) is 30.3 Å². The number of nitrogens with zero attached hydrogens (tertiary/aromatic N) is 1. The number of ketones is 1. The Balaban J connectivity index is 1.96. The fourth-order valence-electron chi connectivity index (χ4n) is 1.36. The van der Waals surface area contributed by atoms with Crippen LogP contribution in [0.1, 0.15) is 10.4 Å². The highest BCUT2D eigenvalue weighted by atomic mass is 79.9. The van der Waals surface area contributed by atoms with Gasteiger partial charge in [-0.2, -0.15) is 0 Å². The van der Waals surface area contributed by atoms with Crippen LogP contribution >= 0.6 is 15.9 Å². The summed E-state index contributed by atoms with van der Waals surface area (Å²) in [5.74, 6) is 0.649. The van der Waals surface area contributed by atoms with Gasteiger partial charge in [0.05, 0.1) is 0 Å². The van der Waals surface area contributed by atoms with Crippen LogP contribution in [0, 0.1) is 0 Å². The number of anilines is 1. The standard InChI is InChI=1S/C14H11BrN2O/c15-12-6-7-14(17-10-12)16-9-8-13(18)11-4-2-1-3-5-11/h1-10H,(H,16,17)/b9-8+. The van der Waals surface area contributed by atoms with Crippen molar-refractivity contribution in [3.05, 3.63) is 71.0 Å². The number of nitrogens with one attached hydrogen (secondary N) is 1. The zero-order valence-corrected chi connectivity index (χ0v) is 11.1. The van der Waals surface area contributed by atoms with E-state index in [0.717, 1.165) is 4.47 Å². The second kappa shape index (κ2) is 6.12. The maximum Gasteiger partial charge on any atom is 0.187 e. The summed E-state index contributed by atoms with van der Waals surface area (Å²) in [6, 6.07) is 12.8. The minimum Gasteiger partial charge on any atom is -0.347 e. The molecule has 0 fully saturated rings. The lowest BCUT2D eigenvalue weighted by Gasteiger charge is -1.99. The van der Waals surface area contributed by atoms with Gasteiger partial charge in [-0.1, -0.05) is 30.3 Å². The highest BCUT2D eigenvalue weighted by Gasteiger charge is 1.98. The van der Waals surface area contributed by atoms with Crippen LogP contribution in [0.4, 0.5) is 5.82 Å². The van der Waals surface area contributed by atoms with Crippen molar-refractivity contribution in [1.29, 1.82) is 0 Å². The number of rotatable bonds is 4. The van der Waals surface area contributed by atoms with Gasteiger partial charge in [0.15, 0.2) is 5.78 Å². The monoisotopic (exact) mass is 302 g/mol. The van der Waals surface area contributed by atoms with Crippen molar-refractivity contribution in [2.24, 2.45) is 0 Å². The Morgan fingerprint density at radius 2 is 1.94 bits per heavy atom. The van der Waals surface area contributed by atoms with E-state index in [4.69, 9.17) is 0 Å². The molecule has 1 aromatic carbocycles. The maximum atomic E-state index is 11.7.